The van der Waals surface area contributed by atoms with Gasteiger partial charge < -0.3 is 15.6 Å². The van der Waals surface area contributed by atoms with Gasteiger partial charge in [-0.25, -0.2) is 0 Å². The van der Waals surface area contributed by atoms with Crippen LogP contribution in [0.25, 0.3) is 21.2 Å². The van der Waals surface area contributed by atoms with Crippen LogP contribution in [0, 0.1) is 5.92 Å². The number of fused-ring (bicyclic) bond motifs is 4. The zero-order valence-corrected chi connectivity index (χ0v) is 18.6. The fourth-order valence-electron chi connectivity index (χ4n) is 4.72. The molecular weight excluding hydrogens is 434 g/mol. The maximum absolute atomic E-state index is 12.9. The molecule has 166 valence electrons. The van der Waals surface area contributed by atoms with Crippen molar-refractivity contribution >= 4 is 33.4 Å². The molecule has 0 aliphatic heterocycles. The monoisotopic (exact) mass is 457 g/mol. The van der Waals surface area contributed by atoms with E-state index >= 15 is 0 Å². The SMILES string of the molecule is NC(Cc1csc2ccccc12)[C@H](C(=O)O)C(=O)OCC1c2ccccc2-c2ccccc21. The van der Waals surface area contributed by atoms with E-state index in [1.54, 1.807) is 11.3 Å². The number of carbonyl (C=O) groups is 2. The zero-order chi connectivity index (χ0) is 22.9. The zero-order valence-electron chi connectivity index (χ0n) is 17.8. The molecular formula is C27H23NO4S. The predicted octanol–water partition coefficient (Wildman–Crippen LogP) is 4.83. The summed E-state index contributed by atoms with van der Waals surface area (Å²) in [5.74, 6) is -3.63. The fourth-order valence-corrected chi connectivity index (χ4v) is 5.69. The largest absolute Gasteiger partial charge is 0.481 e. The summed E-state index contributed by atoms with van der Waals surface area (Å²) in [6.45, 7) is 0.0741. The van der Waals surface area contributed by atoms with E-state index in [0.717, 1.165) is 37.9 Å². The average molecular weight is 458 g/mol. The van der Waals surface area contributed by atoms with Gasteiger partial charge in [0.25, 0.3) is 0 Å². The Bertz CT molecular complexity index is 1300. The summed E-state index contributed by atoms with van der Waals surface area (Å²) in [6, 6.07) is 23.0. The molecule has 3 N–H and O–H groups in total. The van der Waals surface area contributed by atoms with Crippen molar-refractivity contribution in [2.24, 2.45) is 11.7 Å². The van der Waals surface area contributed by atoms with Crippen molar-refractivity contribution in [1.29, 1.82) is 0 Å². The number of benzene rings is 3. The van der Waals surface area contributed by atoms with Gasteiger partial charge in [0.2, 0.25) is 0 Å². The van der Waals surface area contributed by atoms with E-state index < -0.39 is 23.9 Å². The highest BCUT2D eigenvalue weighted by Gasteiger charge is 2.36. The first-order chi connectivity index (χ1) is 16.0. The Balaban J connectivity index is 1.33. The van der Waals surface area contributed by atoms with Crippen molar-refractivity contribution in [3.63, 3.8) is 0 Å². The van der Waals surface area contributed by atoms with Crippen LogP contribution < -0.4 is 5.73 Å². The Morgan fingerprint density at radius 3 is 2.21 bits per heavy atom. The van der Waals surface area contributed by atoms with Crippen molar-refractivity contribution in [3.05, 3.63) is 94.9 Å². The molecule has 0 amide bonds. The van der Waals surface area contributed by atoms with Crippen molar-refractivity contribution in [3.8, 4) is 11.1 Å². The van der Waals surface area contributed by atoms with Gasteiger partial charge in [0, 0.05) is 16.7 Å². The van der Waals surface area contributed by atoms with Crippen LogP contribution in [0.4, 0.5) is 0 Å². The Morgan fingerprint density at radius 1 is 0.939 bits per heavy atom. The van der Waals surface area contributed by atoms with E-state index in [9.17, 15) is 14.7 Å². The topological polar surface area (TPSA) is 89.6 Å². The molecule has 0 bridgehead atoms. The molecule has 33 heavy (non-hydrogen) atoms. The molecule has 4 aromatic rings. The minimum absolute atomic E-state index is 0.0741. The number of esters is 1. The van der Waals surface area contributed by atoms with Gasteiger partial charge in [-0.1, -0.05) is 66.7 Å². The summed E-state index contributed by atoms with van der Waals surface area (Å²) < 4.78 is 6.70. The minimum atomic E-state index is -1.43. The highest BCUT2D eigenvalue weighted by molar-refractivity contribution is 7.17. The van der Waals surface area contributed by atoms with Gasteiger partial charge in [-0.15, -0.1) is 11.3 Å². The second-order valence-corrected chi connectivity index (χ2v) is 9.21. The molecule has 1 aromatic heterocycles. The molecule has 0 radical (unpaired) electrons. The van der Waals surface area contributed by atoms with Gasteiger partial charge in [0.15, 0.2) is 5.92 Å². The molecule has 6 heteroatoms. The Hall–Kier alpha value is -3.48. The van der Waals surface area contributed by atoms with Crippen molar-refractivity contribution in [2.45, 2.75) is 18.4 Å². The molecule has 1 unspecified atom stereocenters. The van der Waals surface area contributed by atoms with Crippen LogP contribution in [-0.2, 0) is 20.7 Å². The van der Waals surface area contributed by atoms with Crippen LogP contribution in [0.3, 0.4) is 0 Å². The van der Waals surface area contributed by atoms with Gasteiger partial charge in [0.1, 0.15) is 6.61 Å². The molecule has 0 saturated heterocycles. The van der Waals surface area contributed by atoms with Crippen LogP contribution in [0.1, 0.15) is 22.6 Å². The predicted molar refractivity (Wildman–Crippen MR) is 129 cm³/mol. The smallest absolute Gasteiger partial charge is 0.321 e. The van der Waals surface area contributed by atoms with Crippen molar-refractivity contribution < 1.29 is 19.4 Å². The molecule has 3 aromatic carbocycles. The fraction of sp³-hybridized carbons (Fsp3) is 0.185. The molecule has 5 nitrogen and oxygen atoms in total. The van der Waals surface area contributed by atoms with Gasteiger partial charge in [-0.2, -0.15) is 0 Å². The molecule has 0 spiro atoms. The van der Waals surface area contributed by atoms with Crippen LogP contribution in [0.15, 0.2) is 78.2 Å². The summed E-state index contributed by atoms with van der Waals surface area (Å²) in [4.78, 5) is 24.9. The first-order valence-electron chi connectivity index (χ1n) is 10.8. The summed E-state index contributed by atoms with van der Waals surface area (Å²) in [5.41, 5.74) is 11.6. The normalized spacial score (nSPS) is 14.5. The third-order valence-electron chi connectivity index (χ3n) is 6.32. The van der Waals surface area contributed by atoms with Gasteiger partial charge >= 0.3 is 11.9 Å². The van der Waals surface area contributed by atoms with E-state index in [1.807, 2.05) is 66.0 Å². The highest BCUT2D eigenvalue weighted by Crippen LogP contribution is 2.44. The lowest BCUT2D eigenvalue weighted by atomic mass is 9.93. The number of hydrogen-bond donors (Lipinski definition) is 2. The van der Waals surface area contributed by atoms with E-state index in [2.05, 4.69) is 12.1 Å². The van der Waals surface area contributed by atoms with Crippen molar-refractivity contribution in [1.82, 2.24) is 0 Å². The van der Waals surface area contributed by atoms with Crippen LogP contribution in [0.5, 0.6) is 0 Å². The molecule has 0 fully saturated rings. The van der Waals surface area contributed by atoms with Crippen LogP contribution in [0.2, 0.25) is 0 Å². The number of carboxylic acids is 1. The molecule has 2 atom stereocenters. The van der Waals surface area contributed by atoms with E-state index in [-0.39, 0.29) is 18.9 Å². The second kappa shape index (κ2) is 8.81. The minimum Gasteiger partial charge on any atom is -0.481 e. The van der Waals surface area contributed by atoms with E-state index in [4.69, 9.17) is 10.5 Å². The first-order valence-corrected chi connectivity index (χ1v) is 11.7. The quantitative estimate of drug-likeness (QED) is 0.307. The molecule has 0 saturated carbocycles. The van der Waals surface area contributed by atoms with Crippen molar-refractivity contribution in [2.75, 3.05) is 6.61 Å². The molecule has 5 rings (SSSR count). The number of thiophene rings is 1. The number of carbonyl (C=O) groups excluding carboxylic acids is 1. The average Bonchev–Trinajstić information content (AvgIpc) is 3.37. The van der Waals surface area contributed by atoms with Crippen LogP contribution >= 0.6 is 11.3 Å². The molecule has 1 heterocycles. The highest BCUT2D eigenvalue weighted by atomic mass is 32.1. The van der Waals surface area contributed by atoms with E-state index in [1.165, 1.54) is 0 Å². The number of ether oxygens (including phenoxy) is 1. The number of nitrogens with two attached hydrogens (primary N) is 1. The number of aliphatic carboxylic acids is 1. The maximum atomic E-state index is 12.9. The maximum Gasteiger partial charge on any atom is 0.321 e. The number of rotatable bonds is 7. The Kier molecular flexibility index (Phi) is 5.70. The molecule has 1 aliphatic carbocycles. The summed E-state index contributed by atoms with van der Waals surface area (Å²) in [5, 5.41) is 12.8. The lowest BCUT2D eigenvalue weighted by Crippen LogP contribution is -2.43. The third kappa shape index (κ3) is 3.92. The van der Waals surface area contributed by atoms with Gasteiger partial charge in [-0.05, 0) is 51.1 Å². The number of hydrogen-bond acceptors (Lipinski definition) is 5. The molecule has 1 aliphatic rings. The second-order valence-electron chi connectivity index (χ2n) is 8.30. The summed E-state index contributed by atoms with van der Waals surface area (Å²) in [7, 11) is 0. The van der Waals surface area contributed by atoms with Gasteiger partial charge in [0.05, 0.1) is 0 Å². The first kappa shape index (κ1) is 21.4. The summed E-state index contributed by atoms with van der Waals surface area (Å²) in [6.07, 6.45) is 0.283. The van der Waals surface area contributed by atoms with Gasteiger partial charge in [-0.3, -0.25) is 9.59 Å². The van der Waals surface area contributed by atoms with Crippen LogP contribution in [-0.4, -0.2) is 29.7 Å². The standard InChI is InChI=1S/C27H23NO4S/c28-23(13-16-15-33-24-12-6-5-7-17(16)24)25(26(29)30)27(31)32-14-22-20-10-3-1-8-18(20)19-9-2-4-11-21(19)22/h1-12,15,22-23,25H,13-14,28H2,(H,29,30)/t23?,25-/m1/s1. The van der Waals surface area contributed by atoms with E-state index in [0.29, 0.717) is 0 Å². The lowest BCUT2D eigenvalue weighted by molar-refractivity contribution is -0.159. The lowest BCUT2D eigenvalue weighted by Gasteiger charge is -2.21. The summed E-state index contributed by atoms with van der Waals surface area (Å²) >= 11 is 1.58. The third-order valence-corrected chi connectivity index (χ3v) is 7.33. The number of carboxylic acid groups (broad SMARTS) is 1. The Labute approximate surface area is 195 Å². The Morgan fingerprint density at radius 2 is 1.55 bits per heavy atom.